The van der Waals surface area contributed by atoms with Gasteiger partial charge in [-0.2, -0.15) is 0 Å². The van der Waals surface area contributed by atoms with Crippen LogP contribution in [0.15, 0.2) is 12.4 Å². The molecule has 1 amide bonds. The largest absolute Gasteiger partial charge is 0.347 e. The van der Waals surface area contributed by atoms with Crippen molar-refractivity contribution in [1.82, 2.24) is 15.3 Å². The van der Waals surface area contributed by atoms with Crippen molar-refractivity contribution in [2.45, 2.75) is 51.5 Å². The standard InChI is InChI=1S/C17H25N3O/c1-2-14(16-18-3-4-19-16)20-17(21)15-12-6-10-5-11(8-12)9-13(15)7-10/h3-4,10-15H,2,5-9H2,1H3,(H,18,19)(H,20,21). The fourth-order valence-electron chi connectivity index (χ4n) is 5.45. The molecule has 114 valence electrons. The number of rotatable bonds is 4. The van der Waals surface area contributed by atoms with E-state index >= 15 is 0 Å². The van der Waals surface area contributed by atoms with E-state index in [1.165, 1.54) is 32.1 Å². The molecule has 4 fully saturated rings. The maximum Gasteiger partial charge on any atom is 0.224 e. The molecule has 4 aliphatic carbocycles. The summed E-state index contributed by atoms with van der Waals surface area (Å²) in [5.41, 5.74) is 0. The van der Waals surface area contributed by atoms with Crippen LogP contribution in [0.2, 0.25) is 0 Å². The quantitative estimate of drug-likeness (QED) is 0.894. The maximum atomic E-state index is 12.8. The normalized spacial score (nSPS) is 38.4. The molecule has 0 aromatic carbocycles. The van der Waals surface area contributed by atoms with Crippen molar-refractivity contribution in [3.63, 3.8) is 0 Å². The molecule has 1 heterocycles. The number of hydrogen-bond acceptors (Lipinski definition) is 2. The van der Waals surface area contributed by atoms with Crippen LogP contribution in [-0.2, 0) is 4.79 Å². The van der Waals surface area contributed by atoms with Crippen LogP contribution in [0.5, 0.6) is 0 Å². The van der Waals surface area contributed by atoms with E-state index in [-0.39, 0.29) is 17.9 Å². The third-order valence-corrected chi connectivity index (χ3v) is 6.10. The van der Waals surface area contributed by atoms with Gasteiger partial charge in [0.05, 0.1) is 6.04 Å². The Morgan fingerprint density at radius 3 is 2.48 bits per heavy atom. The van der Waals surface area contributed by atoms with Crippen molar-refractivity contribution in [2.75, 3.05) is 0 Å². The Bertz CT molecular complexity index is 482. The Kier molecular flexibility index (Phi) is 3.27. The Morgan fingerprint density at radius 2 is 1.95 bits per heavy atom. The van der Waals surface area contributed by atoms with Crippen molar-refractivity contribution >= 4 is 5.91 Å². The average molecular weight is 287 g/mol. The van der Waals surface area contributed by atoms with E-state index in [9.17, 15) is 4.79 Å². The third kappa shape index (κ3) is 2.29. The molecular formula is C17H25N3O. The van der Waals surface area contributed by atoms with Gasteiger partial charge < -0.3 is 10.3 Å². The number of imidazole rings is 1. The fraction of sp³-hybridized carbons (Fsp3) is 0.765. The minimum absolute atomic E-state index is 0.0321. The van der Waals surface area contributed by atoms with Gasteiger partial charge in [0.2, 0.25) is 5.91 Å². The van der Waals surface area contributed by atoms with Crippen LogP contribution in [0.4, 0.5) is 0 Å². The van der Waals surface area contributed by atoms with Gasteiger partial charge in [0.1, 0.15) is 5.82 Å². The zero-order valence-corrected chi connectivity index (χ0v) is 12.7. The molecule has 1 aromatic heterocycles. The molecule has 2 N–H and O–H groups in total. The SMILES string of the molecule is CCC(NC(=O)C1C2CC3CC(C2)CC1C3)c1ncc[nH]1. The van der Waals surface area contributed by atoms with Crippen molar-refractivity contribution in [2.24, 2.45) is 29.6 Å². The molecule has 5 rings (SSSR count). The number of amides is 1. The molecule has 1 atom stereocenters. The van der Waals surface area contributed by atoms with Gasteiger partial charge in [-0.3, -0.25) is 4.79 Å². The van der Waals surface area contributed by atoms with Crippen LogP contribution in [0, 0.1) is 29.6 Å². The first kappa shape index (κ1) is 13.4. The summed E-state index contributed by atoms with van der Waals surface area (Å²) in [5.74, 6) is 4.57. The number of nitrogens with zero attached hydrogens (tertiary/aromatic N) is 1. The lowest BCUT2D eigenvalue weighted by Crippen LogP contribution is -2.51. The van der Waals surface area contributed by atoms with Crippen LogP contribution in [0.3, 0.4) is 0 Å². The van der Waals surface area contributed by atoms with E-state index in [1.807, 2.05) is 6.20 Å². The number of nitrogens with one attached hydrogen (secondary N) is 2. The first-order valence-electron chi connectivity index (χ1n) is 8.54. The second-order valence-corrected chi connectivity index (χ2v) is 7.40. The molecule has 4 saturated carbocycles. The highest BCUT2D eigenvalue weighted by Crippen LogP contribution is 2.56. The highest BCUT2D eigenvalue weighted by Gasteiger charge is 2.50. The van der Waals surface area contributed by atoms with E-state index in [0.717, 1.165) is 24.1 Å². The van der Waals surface area contributed by atoms with E-state index in [1.54, 1.807) is 6.20 Å². The number of aromatic amines is 1. The monoisotopic (exact) mass is 287 g/mol. The van der Waals surface area contributed by atoms with Crippen molar-refractivity contribution in [3.05, 3.63) is 18.2 Å². The van der Waals surface area contributed by atoms with Crippen LogP contribution < -0.4 is 5.32 Å². The summed E-state index contributed by atoms with van der Waals surface area (Å²) in [7, 11) is 0. The van der Waals surface area contributed by atoms with Crippen molar-refractivity contribution < 1.29 is 4.79 Å². The summed E-state index contributed by atoms with van der Waals surface area (Å²) >= 11 is 0. The molecule has 0 aliphatic heterocycles. The minimum atomic E-state index is 0.0321. The van der Waals surface area contributed by atoms with Gasteiger partial charge in [-0.15, -0.1) is 0 Å². The second-order valence-electron chi connectivity index (χ2n) is 7.40. The molecule has 4 heteroatoms. The number of H-pyrrole nitrogens is 1. The number of carbonyl (C=O) groups excluding carboxylic acids is 1. The summed E-state index contributed by atoms with van der Waals surface area (Å²) in [5, 5.41) is 3.26. The van der Waals surface area contributed by atoms with Crippen LogP contribution >= 0.6 is 0 Å². The zero-order valence-electron chi connectivity index (χ0n) is 12.7. The molecule has 0 saturated heterocycles. The predicted molar refractivity (Wildman–Crippen MR) is 80.3 cm³/mol. The van der Waals surface area contributed by atoms with Gasteiger partial charge in [0.25, 0.3) is 0 Å². The molecule has 0 radical (unpaired) electrons. The Balaban J connectivity index is 1.47. The van der Waals surface area contributed by atoms with E-state index < -0.39 is 0 Å². The summed E-state index contributed by atoms with van der Waals surface area (Å²) in [6.45, 7) is 2.10. The van der Waals surface area contributed by atoms with Gasteiger partial charge in [-0.05, 0) is 62.2 Å². The lowest BCUT2D eigenvalue weighted by Gasteiger charge is -2.53. The maximum absolute atomic E-state index is 12.8. The average Bonchev–Trinajstić information content (AvgIpc) is 2.97. The van der Waals surface area contributed by atoms with E-state index in [4.69, 9.17) is 0 Å². The van der Waals surface area contributed by atoms with E-state index in [2.05, 4.69) is 22.2 Å². The lowest BCUT2D eigenvalue weighted by atomic mass is 9.51. The summed E-state index contributed by atoms with van der Waals surface area (Å²) in [6.07, 6.45) is 11.1. The molecule has 4 aliphatic rings. The van der Waals surface area contributed by atoms with Gasteiger partial charge >= 0.3 is 0 Å². The van der Waals surface area contributed by atoms with Gasteiger partial charge in [-0.1, -0.05) is 6.92 Å². The molecule has 4 nitrogen and oxygen atoms in total. The van der Waals surface area contributed by atoms with Crippen molar-refractivity contribution in [1.29, 1.82) is 0 Å². The summed E-state index contributed by atoms with van der Waals surface area (Å²) in [4.78, 5) is 20.3. The topological polar surface area (TPSA) is 57.8 Å². The van der Waals surface area contributed by atoms with Gasteiger partial charge in [0, 0.05) is 18.3 Å². The van der Waals surface area contributed by atoms with Crippen LogP contribution in [0.1, 0.15) is 57.3 Å². The Morgan fingerprint density at radius 1 is 1.29 bits per heavy atom. The van der Waals surface area contributed by atoms with Gasteiger partial charge in [0.15, 0.2) is 0 Å². The lowest BCUT2D eigenvalue weighted by molar-refractivity contribution is -0.139. The first-order chi connectivity index (χ1) is 10.2. The summed E-state index contributed by atoms with van der Waals surface area (Å²) in [6, 6.07) is 0.0321. The predicted octanol–water partition coefficient (Wildman–Crippen LogP) is 3.05. The molecule has 21 heavy (non-hydrogen) atoms. The Labute approximate surface area is 126 Å². The number of carbonyl (C=O) groups is 1. The highest BCUT2D eigenvalue weighted by atomic mass is 16.2. The molecule has 1 unspecified atom stereocenters. The molecule has 4 bridgehead atoms. The highest BCUT2D eigenvalue weighted by molar-refractivity contribution is 5.80. The van der Waals surface area contributed by atoms with Gasteiger partial charge in [-0.25, -0.2) is 4.98 Å². The molecule has 0 spiro atoms. The second kappa shape index (κ2) is 5.15. The van der Waals surface area contributed by atoms with Crippen molar-refractivity contribution in [3.8, 4) is 0 Å². The molecular weight excluding hydrogens is 262 g/mol. The minimum Gasteiger partial charge on any atom is -0.347 e. The third-order valence-electron chi connectivity index (χ3n) is 6.10. The summed E-state index contributed by atoms with van der Waals surface area (Å²) < 4.78 is 0. The molecule has 1 aromatic rings. The van der Waals surface area contributed by atoms with Crippen LogP contribution in [0.25, 0.3) is 0 Å². The Hall–Kier alpha value is -1.32. The number of hydrogen-bond donors (Lipinski definition) is 2. The number of aromatic nitrogens is 2. The smallest absolute Gasteiger partial charge is 0.224 e. The first-order valence-corrected chi connectivity index (χ1v) is 8.54. The zero-order chi connectivity index (χ0) is 14.4. The fourth-order valence-corrected chi connectivity index (χ4v) is 5.45. The van der Waals surface area contributed by atoms with E-state index in [0.29, 0.717) is 11.8 Å². The van der Waals surface area contributed by atoms with Crippen LogP contribution in [-0.4, -0.2) is 15.9 Å².